The molecule has 0 bridgehead atoms. The lowest BCUT2D eigenvalue weighted by atomic mass is 9.89. The molecule has 0 radical (unpaired) electrons. The van der Waals surface area contributed by atoms with Gasteiger partial charge < -0.3 is 5.32 Å². The fourth-order valence-electron chi connectivity index (χ4n) is 3.49. The van der Waals surface area contributed by atoms with E-state index in [4.69, 9.17) is 0 Å². The second-order valence-corrected chi connectivity index (χ2v) is 6.79. The van der Waals surface area contributed by atoms with Gasteiger partial charge in [0.15, 0.2) is 0 Å². The topological polar surface area (TPSA) is 54.0 Å². The summed E-state index contributed by atoms with van der Waals surface area (Å²) >= 11 is 0. The third-order valence-electron chi connectivity index (χ3n) is 4.90. The van der Waals surface area contributed by atoms with Crippen LogP contribution in [0.5, 0.6) is 0 Å². The molecule has 2 aromatic rings. The zero-order valence-corrected chi connectivity index (χ0v) is 14.7. The predicted molar refractivity (Wildman–Crippen MR) is 100 cm³/mol. The van der Waals surface area contributed by atoms with Crippen molar-refractivity contribution in [2.24, 2.45) is 5.92 Å². The normalized spacial score (nSPS) is 16.3. The molecule has 1 atom stereocenters. The highest BCUT2D eigenvalue weighted by atomic mass is 16.1. The molecule has 1 aliphatic carbocycles. The number of aromatic nitrogens is 1. The van der Waals surface area contributed by atoms with Crippen molar-refractivity contribution < 1.29 is 4.79 Å². The minimum Gasteiger partial charge on any atom is -0.355 e. The van der Waals surface area contributed by atoms with E-state index < -0.39 is 0 Å². The van der Waals surface area contributed by atoms with Gasteiger partial charge in [-0.15, -0.1) is 0 Å². The number of nitrogens with one attached hydrogen (secondary N) is 2. The van der Waals surface area contributed by atoms with Crippen molar-refractivity contribution >= 4 is 5.91 Å². The second-order valence-electron chi connectivity index (χ2n) is 6.79. The van der Waals surface area contributed by atoms with Crippen molar-refractivity contribution in [3.63, 3.8) is 0 Å². The van der Waals surface area contributed by atoms with Crippen molar-refractivity contribution in [2.45, 2.75) is 38.1 Å². The molecule has 132 valence electrons. The SMILES string of the molecule is O=C(CNC(c1ccccc1)c1ccccn1)NCC1CCCCC1. The summed E-state index contributed by atoms with van der Waals surface area (Å²) < 4.78 is 0. The number of hydrogen-bond donors (Lipinski definition) is 2. The van der Waals surface area contributed by atoms with Crippen LogP contribution in [-0.4, -0.2) is 24.0 Å². The summed E-state index contributed by atoms with van der Waals surface area (Å²) in [5.74, 6) is 0.709. The van der Waals surface area contributed by atoms with Gasteiger partial charge in [0.1, 0.15) is 0 Å². The van der Waals surface area contributed by atoms with Gasteiger partial charge in [-0.05, 0) is 36.5 Å². The summed E-state index contributed by atoms with van der Waals surface area (Å²) in [6.07, 6.45) is 8.22. The smallest absolute Gasteiger partial charge is 0.233 e. The Hall–Kier alpha value is -2.20. The number of rotatable bonds is 7. The maximum Gasteiger partial charge on any atom is 0.233 e. The molecule has 0 spiro atoms. The third kappa shape index (κ3) is 5.40. The van der Waals surface area contributed by atoms with Crippen molar-refractivity contribution in [3.8, 4) is 0 Å². The number of hydrogen-bond acceptors (Lipinski definition) is 3. The van der Waals surface area contributed by atoms with Crippen LogP contribution in [-0.2, 0) is 4.79 Å². The number of amides is 1. The average Bonchev–Trinajstić information content (AvgIpc) is 2.69. The van der Waals surface area contributed by atoms with Crippen LogP contribution in [0.1, 0.15) is 49.4 Å². The van der Waals surface area contributed by atoms with Gasteiger partial charge in [-0.25, -0.2) is 0 Å². The molecule has 1 aliphatic rings. The molecule has 1 aromatic carbocycles. The van der Waals surface area contributed by atoms with E-state index in [0.29, 0.717) is 12.5 Å². The Morgan fingerprint density at radius 2 is 1.80 bits per heavy atom. The van der Waals surface area contributed by atoms with Crippen LogP contribution in [0.3, 0.4) is 0 Å². The lowest BCUT2D eigenvalue weighted by Gasteiger charge is -2.22. The highest BCUT2D eigenvalue weighted by Crippen LogP contribution is 2.23. The van der Waals surface area contributed by atoms with Crippen LogP contribution in [0, 0.1) is 5.92 Å². The van der Waals surface area contributed by atoms with Crippen LogP contribution in [0.4, 0.5) is 0 Å². The van der Waals surface area contributed by atoms with Crippen molar-refractivity contribution in [1.82, 2.24) is 15.6 Å². The van der Waals surface area contributed by atoms with Crippen molar-refractivity contribution in [1.29, 1.82) is 0 Å². The Morgan fingerprint density at radius 3 is 2.52 bits per heavy atom. The van der Waals surface area contributed by atoms with Crippen LogP contribution >= 0.6 is 0 Å². The van der Waals surface area contributed by atoms with E-state index in [2.05, 4.69) is 27.8 Å². The molecule has 1 amide bonds. The minimum atomic E-state index is -0.0807. The first-order chi connectivity index (χ1) is 12.3. The van der Waals surface area contributed by atoms with E-state index >= 15 is 0 Å². The first kappa shape index (κ1) is 17.6. The van der Waals surface area contributed by atoms with Gasteiger partial charge in [-0.3, -0.25) is 15.1 Å². The van der Waals surface area contributed by atoms with Crippen LogP contribution in [0.2, 0.25) is 0 Å². The molecule has 0 aliphatic heterocycles. The Morgan fingerprint density at radius 1 is 1.04 bits per heavy atom. The lowest BCUT2D eigenvalue weighted by molar-refractivity contribution is -0.120. The quantitative estimate of drug-likeness (QED) is 0.813. The average molecular weight is 337 g/mol. The van der Waals surface area contributed by atoms with Gasteiger partial charge in [0, 0.05) is 12.7 Å². The van der Waals surface area contributed by atoms with Crippen molar-refractivity contribution in [2.75, 3.05) is 13.1 Å². The van der Waals surface area contributed by atoms with Gasteiger partial charge in [0.05, 0.1) is 18.3 Å². The zero-order chi connectivity index (χ0) is 17.3. The van der Waals surface area contributed by atoms with Crippen LogP contribution in [0.15, 0.2) is 54.7 Å². The number of benzene rings is 1. The summed E-state index contributed by atoms with van der Waals surface area (Å²) in [7, 11) is 0. The molecule has 3 rings (SSSR count). The fourth-order valence-corrected chi connectivity index (χ4v) is 3.49. The monoisotopic (exact) mass is 337 g/mol. The van der Waals surface area contributed by atoms with Crippen LogP contribution in [0.25, 0.3) is 0 Å². The summed E-state index contributed by atoms with van der Waals surface area (Å²) in [5, 5.41) is 6.45. The Balaban J connectivity index is 1.56. The summed E-state index contributed by atoms with van der Waals surface area (Å²) in [6, 6.07) is 15.9. The van der Waals surface area contributed by atoms with Gasteiger partial charge in [0.25, 0.3) is 0 Å². The highest BCUT2D eigenvalue weighted by molar-refractivity contribution is 5.78. The van der Waals surface area contributed by atoms with Gasteiger partial charge in [-0.2, -0.15) is 0 Å². The summed E-state index contributed by atoms with van der Waals surface area (Å²) in [4.78, 5) is 16.7. The maximum absolute atomic E-state index is 12.3. The molecule has 1 fully saturated rings. The Kier molecular flexibility index (Phi) is 6.57. The minimum absolute atomic E-state index is 0.0578. The molecule has 25 heavy (non-hydrogen) atoms. The van der Waals surface area contributed by atoms with E-state index in [0.717, 1.165) is 17.8 Å². The zero-order valence-electron chi connectivity index (χ0n) is 14.7. The molecule has 1 aromatic heterocycles. The maximum atomic E-state index is 12.3. The van der Waals surface area contributed by atoms with E-state index in [1.807, 2.05) is 36.4 Å². The molecule has 4 nitrogen and oxygen atoms in total. The van der Waals surface area contributed by atoms with E-state index in [1.165, 1.54) is 32.1 Å². The second kappa shape index (κ2) is 9.33. The molecule has 4 heteroatoms. The Labute approximate surface area is 150 Å². The van der Waals surface area contributed by atoms with E-state index in [9.17, 15) is 4.79 Å². The molecule has 2 N–H and O–H groups in total. The number of nitrogens with zero attached hydrogens (tertiary/aromatic N) is 1. The molecule has 0 saturated heterocycles. The summed E-state index contributed by atoms with van der Waals surface area (Å²) in [5.41, 5.74) is 2.04. The molecular formula is C21H27N3O. The largest absolute Gasteiger partial charge is 0.355 e. The summed E-state index contributed by atoms with van der Waals surface area (Å²) in [6.45, 7) is 1.10. The lowest BCUT2D eigenvalue weighted by Crippen LogP contribution is -2.38. The predicted octanol–water partition coefficient (Wildman–Crippen LogP) is 3.46. The molecule has 1 unspecified atom stereocenters. The highest BCUT2D eigenvalue weighted by Gasteiger charge is 2.17. The number of carbonyl (C=O) groups is 1. The standard InChI is InChI=1S/C21H27N3O/c25-20(23-15-17-9-3-1-4-10-17)16-24-21(18-11-5-2-6-12-18)19-13-7-8-14-22-19/h2,5-8,11-14,17,21,24H,1,3-4,9-10,15-16H2,(H,23,25). The molecular weight excluding hydrogens is 310 g/mol. The molecule has 1 heterocycles. The Bertz CT molecular complexity index is 599. The van der Waals surface area contributed by atoms with Gasteiger partial charge in [0.2, 0.25) is 5.91 Å². The van der Waals surface area contributed by atoms with Crippen molar-refractivity contribution in [3.05, 3.63) is 66.0 Å². The van der Waals surface area contributed by atoms with Gasteiger partial charge >= 0.3 is 0 Å². The molecule has 1 saturated carbocycles. The fraction of sp³-hybridized carbons (Fsp3) is 0.429. The third-order valence-corrected chi connectivity index (χ3v) is 4.90. The van der Waals surface area contributed by atoms with Crippen LogP contribution < -0.4 is 10.6 Å². The number of carbonyl (C=O) groups excluding carboxylic acids is 1. The van der Waals surface area contributed by atoms with Gasteiger partial charge in [-0.1, -0.05) is 55.7 Å². The number of pyridine rings is 1. The van der Waals surface area contributed by atoms with E-state index in [-0.39, 0.29) is 11.9 Å². The van der Waals surface area contributed by atoms with E-state index in [1.54, 1.807) is 6.20 Å². The first-order valence-electron chi connectivity index (χ1n) is 9.29. The first-order valence-corrected chi connectivity index (χ1v) is 9.29.